The van der Waals surface area contributed by atoms with E-state index >= 15 is 0 Å². The van der Waals surface area contributed by atoms with E-state index in [1.807, 2.05) is 19.9 Å². The van der Waals surface area contributed by atoms with Crippen LogP contribution in [-0.4, -0.2) is 61.7 Å². The topological polar surface area (TPSA) is 186 Å². The highest BCUT2D eigenvalue weighted by molar-refractivity contribution is 7.99. The van der Waals surface area contributed by atoms with E-state index in [-0.39, 0.29) is 39.3 Å². The molecule has 6 N–H and O–H groups in total. The molecule has 0 unspecified atom stereocenters. The molecule has 0 spiro atoms. The molecule has 0 bridgehead atoms. The minimum absolute atomic E-state index is 0.0864. The first-order valence-electron chi connectivity index (χ1n) is 16.3. The van der Waals surface area contributed by atoms with Crippen LogP contribution >= 0.6 is 23.5 Å². The van der Waals surface area contributed by atoms with E-state index in [0.29, 0.717) is 28.6 Å². The predicted octanol–water partition coefficient (Wildman–Crippen LogP) is 7.45. The number of anilines is 4. The maximum absolute atomic E-state index is 13.2. The Morgan fingerprint density at radius 2 is 1.21 bits per heavy atom. The molecule has 318 valence electrons. The summed E-state index contributed by atoms with van der Waals surface area (Å²) in [5.74, 6) is -0.779. The summed E-state index contributed by atoms with van der Waals surface area (Å²) in [5, 5.41) is 16.1. The van der Waals surface area contributed by atoms with Gasteiger partial charge in [-0.25, -0.2) is 14.8 Å². The number of rotatable bonds is 9. The Bertz CT molecular complexity index is 2240. The molecular formula is C34H37F9N8O5S2. The largest absolute Gasteiger partial charge is 0.476 e. The SMILES string of the molecule is CCSc1cc(C(F)(F)F)cnc1C(=O)Nc1cc(C(F)(F)F)c(=O)n(C)c1NC.CCSc1cc(C)cnc1C(=O)O.CNc1c(N)cc(C(F)(F)F)c(=O)n1C. The van der Waals surface area contributed by atoms with Crippen LogP contribution < -0.4 is 32.8 Å². The predicted molar refractivity (Wildman–Crippen MR) is 203 cm³/mol. The van der Waals surface area contributed by atoms with Crippen LogP contribution in [0.4, 0.5) is 62.5 Å². The van der Waals surface area contributed by atoms with Crippen LogP contribution in [0.3, 0.4) is 0 Å². The van der Waals surface area contributed by atoms with Crippen LogP contribution in [0.15, 0.2) is 56.0 Å². The number of pyridine rings is 4. The van der Waals surface area contributed by atoms with E-state index in [1.54, 1.807) is 13.1 Å². The van der Waals surface area contributed by atoms with Gasteiger partial charge in [0.05, 0.1) is 16.9 Å². The van der Waals surface area contributed by atoms with Crippen molar-refractivity contribution in [3.63, 3.8) is 0 Å². The molecule has 0 aliphatic heterocycles. The van der Waals surface area contributed by atoms with Gasteiger partial charge in [0, 0.05) is 50.4 Å². The number of carboxylic acids is 1. The fourth-order valence-electron chi connectivity index (χ4n) is 4.80. The number of aryl methyl sites for hydroxylation is 1. The third-order valence-electron chi connectivity index (χ3n) is 7.38. The first-order chi connectivity index (χ1) is 26.7. The van der Waals surface area contributed by atoms with Crippen molar-refractivity contribution in [2.45, 2.75) is 49.1 Å². The van der Waals surface area contributed by atoms with Crippen LogP contribution in [0, 0.1) is 6.92 Å². The van der Waals surface area contributed by atoms with Crippen molar-refractivity contribution in [1.82, 2.24) is 19.1 Å². The fourth-order valence-corrected chi connectivity index (χ4v) is 6.46. The molecule has 0 saturated carbocycles. The zero-order chi connectivity index (χ0) is 44.5. The lowest BCUT2D eigenvalue weighted by molar-refractivity contribution is -0.139. The van der Waals surface area contributed by atoms with Gasteiger partial charge in [0.1, 0.15) is 28.5 Å². The Morgan fingerprint density at radius 1 is 0.741 bits per heavy atom. The summed E-state index contributed by atoms with van der Waals surface area (Å²) in [6.07, 6.45) is -12.3. The molecule has 0 aliphatic rings. The number of aromatic nitrogens is 4. The summed E-state index contributed by atoms with van der Waals surface area (Å²) >= 11 is 2.42. The molecule has 4 aromatic rings. The molecule has 0 saturated heterocycles. The fraction of sp³-hybridized carbons (Fsp3) is 0.353. The smallest absolute Gasteiger partial charge is 0.421 e. The Hall–Kier alpha value is -5.39. The quantitative estimate of drug-likeness (QED) is 0.0828. The number of hydrogen-bond acceptors (Lipinski definition) is 11. The number of amides is 1. The number of thioether (sulfide) groups is 2. The number of carbonyl (C=O) groups is 2. The standard InChI is InChI=1S/C17H16F6N4O2S.C9H11NO2S.C8H10F3N3O/c1-4-30-11-5-8(16(18,19)20)7-25-12(11)14(28)26-10-6-9(17(21,22)23)15(29)27(3)13(10)24-2;1-3-13-7-4-6(2)5-10-8(7)9(11)12;1-13-6-5(12)3-4(8(9,10)11)7(15)14(6)2/h5-7,24H,4H2,1-3H3,(H,26,28);4-5H,3H2,1-2H3,(H,11,12);3,13H,12H2,1-2H3. The normalized spacial score (nSPS) is 11.4. The summed E-state index contributed by atoms with van der Waals surface area (Å²) in [7, 11) is 5.10. The molecule has 0 aliphatic carbocycles. The lowest BCUT2D eigenvalue weighted by Crippen LogP contribution is -2.30. The second-order valence-electron chi connectivity index (χ2n) is 11.5. The number of hydrogen-bond donors (Lipinski definition) is 5. The number of carboxylic acid groups (broad SMARTS) is 1. The van der Waals surface area contributed by atoms with E-state index in [9.17, 15) is 58.7 Å². The minimum atomic E-state index is -4.98. The molecule has 4 rings (SSSR count). The molecule has 24 heteroatoms. The highest BCUT2D eigenvalue weighted by Crippen LogP contribution is 2.35. The summed E-state index contributed by atoms with van der Waals surface area (Å²) in [6.45, 7) is 5.53. The highest BCUT2D eigenvalue weighted by atomic mass is 32.2. The van der Waals surface area contributed by atoms with Crippen molar-refractivity contribution in [3.05, 3.63) is 91.0 Å². The molecule has 58 heavy (non-hydrogen) atoms. The summed E-state index contributed by atoms with van der Waals surface area (Å²) < 4.78 is 117. The Kier molecular flexibility index (Phi) is 16.7. The first-order valence-corrected chi connectivity index (χ1v) is 18.3. The molecule has 0 atom stereocenters. The Balaban J connectivity index is 0.000000343. The average molecular weight is 873 g/mol. The van der Waals surface area contributed by atoms with Gasteiger partial charge in [-0.05, 0) is 48.3 Å². The second kappa shape index (κ2) is 19.8. The maximum Gasteiger partial charge on any atom is 0.421 e. The van der Waals surface area contributed by atoms with Crippen molar-refractivity contribution in [2.24, 2.45) is 14.1 Å². The second-order valence-corrected chi connectivity index (χ2v) is 14.1. The van der Waals surface area contributed by atoms with Gasteiger partial charge in [-0.3, -0.25) is 23.5 Å². The lowest BCUT2D eigenvalue weighted by Gasteiger charge is -2.18. The maximum atomic E-state index is 13.2. The third-order valence-corrected chi connectivity index (χ3v) is 9.20. The highest BCUT2D eigenvalue weighted by Gasteiger charge is 2.37. The number of aromatic carboxylic acids is 1. The van der Waals surface area contributed by atoms with Gasteiger partial charge in [-0.2, -0.15) is 39.5 Å². The van der Waals surface area contributed by atoms with E-state index in [1.165, 1.54) is 32.9 Å². The Labute approximate surface area is 332 Å². The van der Waals surface area contributed by atoms with E-state index in [4.69, 9.17) is 10.8 Å². The number of nitrogens with zero attached hydrogens (tertiary/aromatic N) is 4. The monoisotopic (exact) mass is 872 g/mol. The van der Waals surface area contributed by atoms with Gasteiger partial charge in [0.2, 0.25) is 0 Å². The van der Waals surface area contributed by atoms with Gasteiger partial charge >= 0.3 is 24.5 Å². The number of carbonyl (C=O) groups excluding carboxylic acids is 1. The molecule has 4 aromatic heterocycles. The molecule has 0 radical (unpaired) electrons. The van der Waals surface area contributed by atoms with E-state index < -0.39 is 58.2 Å². The van der Waals surface area contributed by atoms with Crippen molar-refractivity contribution >= 4 is 58.4 Å². The number of nitrogens with one attached hydrogen (secondary N) is 3. The summed E-state index contributed by atoms with van der Waals surface area (Å²) in [4.78, 5) is 54.7. The molecule has 4 heterocycles. The summed E-state index contributed by atoms with van der Waals surface area (Å²) in [6, 6.07) is 3.69. The lowest BCUT2D eigenvalue weighted by atomic mass is 10.2. The molecule has 1 amide bonds. The van der Waals surface area contributed by atoms with Gasteiger partial charge < -0.3 is 26.8 Å². The molecule has 0 aromatic carbocycles. The van der Waals surface area contributed by atoms with Gasteiger partial charge in [-0.1, -0.05) is 13.8 Å². The van der Waals surface area contributed by atoms with Gasteiger partial charge in [0.15, 0.2) is 5.69 Å². The van der Waals surface area contributed by atoms with Crippen LogP contribution in [0.25, 0.3) is 0 Å². The van der Waals surface area contributed by atoms with Crippen LogP contribution in [-0.2, 0) is 32.6 Å². The van der Waals surface area contributed by atoms with Crippen LogP contribution in [0.5, 0.6) is 0 Å². The van der Waals surface area contributed by atoms with Gasteiger partial charge in [0.25, 0.3) is 17.0 Å². The number of nitrogen functional groups attached to an aromatic ring is 1. The number of alkyl halides is 9. The summed E-state index contributed by atoms with van der Waals surface area (Å²) in [5.41, 5.74) is -0.672. The van der Waals surface area contributed by atoms with Crippen LogP contribution in [0.1, 0.15) is 57.1 Å². The third kappa shape index (κ3) is 12.3. The van der Waals surface area contributed by atoms with Crippen molar-refractivity contribution in [1.29, 1.82) is 0 Å². The molecular weight excluding hydrogens is 836 g/mol. The van der Waals surface area contributed by atoms with Crippen LogP contribution in [0.2, 0.25) is 0 Å². The molecule has 13 nitrogen and oxygen atoms in total. The van der Waals surface area contributed by atoms with Crippen molar-refractivity contribution in [2.75, 3.05) is 47.3 Å². The minimum Gasteiger partial charge on any atom is -0.476 e. The van der Waals surface area contributed by atoms with E-state index in [0.717, 1.165) is 45.7 Å². The zero-order valence-electron chi connectivity index (χ0n) is 31.5. The first kappa shape index (κ1) is 48.8. The van der Waals surface area contributed by atoms with Gasteiger partial charge in [-0.15, -0.1) is 23.5 Å². The molecule has 0 fully saturated rings. The number of halogens is 9. The van der Waals surface area contributed by atoms with Crippen molar-refractivity contribution in [3.8, 4) is 0 Å². The zero-order valence-corrected chi connectivity index (χ0v) is 33.2. The average Bonchev–Trinajstić information content (AvgIpc) is 3.11. The number of nitrogens with two attached hydrogens (primary N) is 1. The Morgan fingerprint density at radius 3 is 1.66 bits per heavy atom. The van der Waals surface area contributed by atoms with E-state index in [2.05, 4.69) is 25.9 Å². The van der Waals surface area contributed by atoms with Crippen molar-refractivity contribution < 1.29 is 54.2 Å².